The van der Waals surface area contributed by atoms with Crippen molar-refractivity contribution in [2.45, 2.75) is 51.2 Å². The zero-order valence-electron chi connectivity index (χ0n) is 14.8. The van der Waals surface area contributed by atoms with Gasteiger partial charge in [0.25, 0.3) is 0 Å². The fourth-order valence-electron chi connectivity index (χ4n) is 3.51. The van der Waals surface area contributed by atoms with Crippen LogP contribution in [-0.4, -0.2) is 55.2 Å². The standard InChI is InChI=1S/C16H26N4O4S/c1-12-10-15(19(2)17-12)20-8-5-7-14(16(20)21)18-25(22,23)11-13-6-3-4-9-24-13/h10,13-14,18H,3-9,11H2,1-2H3/t13-,14+/m0/s1. The number of piperidine rings is 1. The van der Waals surface area contributed by atoms with E-state index >= 15 is 0 Å². The number of carbonyl (C=O) groups excluding carboxylic acids is 1. The Hall–Kier alpha value is -1.45. The molecule has 1 aromatic rings. The van der Waals surface area contributed by atoms with Crippen LogP contribution in [0.15, 0.2) is 6.07 Å². The van der Waals surface area contributed by atoms with Gasteiger partial charge in [-0.1, -0.05) is 0 Å². The summed E-state index contributed by atoms with van der Waals surface area (Å²) in [7, 11) is -1.79. The van der Waals surface area contributed by atoms with Gasteiger partial charge < -0.3 is 4.74 Å². The Morgan fingerprint density at radius 1 is 1.32 bits per heavy atom. The summed E-state index contributed by atoms with van der Waals surface area (Å²) in [6, 6.07) is 1.11. The topological polar surface area (TPSA) is 93.5 Å². The van der Waals surface area contributed by atoms with Crippen molar-refractivity contribution in [3.8, 4) is 0 Å². The molecule has 3 heterocycles. The molecule has 2 aliphatic rings. The van der Waals surface area contributed by atoms with E-state index in [2.05, 4.69) is 9.82 Å². The minimum atomic E-state index is -3.57. The Kier molecular flexibility index (Phi) is 5.45. The molecule has 0 aliphatic carbocycles. The van der Waals surface area contributed by atoms with E-state index in [0.29, 0.717) is 25.4 Å². The molecule has 0 radical (unpaired) electrons. The molecule has 2 fully saturated rings. The zero-order chi connectivity index (χ0) is 18.0. The van der Waals surface area contributed by atoms with Gasteiger partial charge in [-0.05, 0) is 39.0 Å². The van der Waals surface area contributed by atoms with Crippen molar-refractivity contribution in [1.82, 2.24) is 14.5 Å². The van der Waals surface area contributed by atoms with E-state index in [4.69, 9.17) is 4.74 Å². The zero-order valence-corrected chi connectivity index (χ0v) is 15.6. The van der Waals surface area contributed by atoms with Crippen LogP contribution >= 0.6 is 0 Å². The van der Waals surface area contributed by atoms with Crippen LogP contribution < -0.4 is 9.62 Å². The molecule has 1 amide bonds. The van der Waals surface area contributed by atoms with Crippen LogP contribution in [0.4, 0.5) is 5.82 Å². The molecule has 140 valence electrons. The lowest BCUT2D eigenvalue weighted by molar-refractivity contribution is -0.121. The Morgan fingerprint density at radius 3 is 2.76 bits per heavy atom. The number of ether oxygens (including phenoxy) is 1. The Morgan fingerprint density at radius 2 is 2.12 bits per heavy atom. The van der Waals surface area contributed by atoms with E-state index in [1.807, 2.05) is 13.0 Å². The molecule has 1 N–H and O–H groups in total. The summed E-state index contributed by atoms with van der Waals surface area (Å²) < 4.78 is 34.6. The predicted molar refractivity (Wildman–Crippen MR) is 93.8 cm³/mol. The SMILES string of the molecule is Cc1cc(N2CCC[C@@H](NS(=O)(=O)C[C@@H]3CCCCO3)C2=O)n(C)n1. The second kappa shape index (κ2) is 7.43. The van der Waals surface area contributed by atoms with Gasteiger partial charge in [-0.3, -0.25) is 14.4 Å². The quantitative estimate of drug-likeness (QED) is 0.824. The number of aromatic nitrogens is 2. The van der Waals surface area contributed by atoms with Crippen LogP contribution in [0.1, 0.15) is 37.8 Å². The van der Waals surface area contributed by atoms with Crippen molar-refractivity contribution < 1.29 is 17.9 Å². The van der Waals surface area contributed by atoms with Gasteiger partial charge in [0.1, 0.15) is 11.9 Å². The molecule has 0 saturated carbocycles. The highest BCUT2D eigenvalue weighted by molar-refractivity contribution is 7.89. The van der Waals surface area contributed by atoms with Crippen molar-refractivity contribution in [1.29, 1.82) is 0 Å². The lowest BCUT2D eigenvalue weighted by atomic mass is 10.1. The molecule has 2 saturated heterocycles. The largest absolute Gasteiger partial charge is 0.377 e. The summed E-state index contributed by atoms with van der Waals surface area (Å²) in [5, 5.41) is 4.27. The van der Waals surface area contributed by atoms with Gasteiger partial charge in [-0.15, -0.1) is 0 Å². The van der Waals surface area contributed by atoms with E-state index in [1.54, 1.807) is 16.6 Å². The predicted octanol–water partition coefficient (Wildman–Crippen LogP) is 0.712. The summed E-state index contributed by atoms with van der Waals surface area (Å²) in [5.74, 6) is 0.395. The number of amides is 1. The van der Waals surface area contributed by atoms with Gasteiger partial charge >= 0.3 is 0 Å². The van der Waals surface area contributed by atoms with Crippen molar-refractivity contribution in [2.75, 3.05) is 23.8 Å². The molecule has 25 heavy (non-hydrogen) atoms. The number of hydrogen-bond acceptors (Lipinski definition) is 5. The lowest BCUT2D eigenvalue weighted by Crippen LogP contribution is -2.53. The van der Waals surface area contributed by atoms with E-state index in [-0.39, 0.29) is 17.8 Å². The van der Waals surface area contributed by atoms with Crippen molar-refractivity contribution in [3.63, 3.8) is 0 Å². The molecule has 0 spiro atoms. The van der Waals surface area contributed by atoms with Crippen molar-refractivity contribution >= 4 is 21.7 Å². The molecular weight excluding hydrogens is 344 g/mol. The number of aryl methyl sites for hydroxylation is 2. The average Bonchev–Trinajstić information content (AvgIpc) is 2.88. The van der Waals surface area contributed by atoms with Gasteiger partial charge in [0.05, 0.1) is 17.6 Å². The summed E-state index contributed by atoms with van der Waals surface area (Å²) in [6.45, 7) is 3.04. The molecule has 9 heteroatoms. The van der Waals surface area contributed by atoms with Crippen LogP contribution in [0.5, 0.6) is 0 Å². The van der Waals surface area contributed by atoms with Crippen LogP contribution in [0.25, 0.3) is 0 Å². The molecule has 1 aromatic heterocycles. The van der Waals surface area contributed by atoms with Gasteiger partial charge in [0, 0.05) is 26.3 Å². The molecule has 0 aromatic carbocycles. The first kappa shape index (κ1) is 18.3. The first-order valence-electron chi connectivity index (χ1n) is 8.79. The molecule has 2 atom stereocenters. The number of anilines is 1. The maximum Gasteiger partial charge on any atom is 0.246 e. The average molecular weight is 370 g/mol. The molecule has 8 nitrogen and oxygen atoms in total. The van der Waals surface area contributed by atoms with E-state index in [1.165, 1.54) is 0 Å². The van der Waals surface area contributed by atoms with Crippen LogP contribution in [0.2, 0.25) is 0 Å². The first-order valence-corrected chi connectivity index (χ1v) is 10.4. The smallest absolute Gasteiger partial charge is 0.246 e. The number of nitrogens with one attached hydrogen (secondary N) is 1. The van der Waals surface area contributed by atoms with Gasteiger partial charge in [0.15, 0.2) is 0 Å². The van der Waals surface area contributed by atoms with E-state index in [9.17, 15) is 13.2 Å². The number of carbonyl (C=O) groups is 1. The summed E-state index contributed by atoms with van der Waals surface area (Å²) in [5.41, 5.74) is 0.822. The minimum absolute atomic E-state index is 0.0817. The summed E-state index contributed by atoms with van der Waals surface area (Å²) in [4.78, 5) is 14.4. The van der Waals surface area contributed by atoms with Gasteiger partial charge in [-0.25, -0.2) is 13.1 Å². The Balaban J connectivity index is 1.67. The van der Waals surface area contributed by atoms with Gasteiger partial charge in [-0.2, -0.15) is 5.10 Å². The highest BCUT2D eigenvalue weighted by Gasteiger charge is 2.34. The van der Waals surface area contributed by atoms with Gasteiger partial charge in [0.2, 0.25) is 15.9 Å². The third kappa shape index (κ3) is 4.39. The highest BCUT2D eigenvalue weighted by Crippen LogP contribution is 2.22. The third-order valence-electron chi connectivity index (χ3n) is 4.69. The number of nitrogens with zero attached hydrogens (tertiary/aromatic N) is 3. The molecule has 0 bridgehead atoms. The maximum atomic E-state index is 12.8. The third-order valence-corrected chi connectivity index (χ3v) is 6.15. The van der Waals surface area contributed by atoms with E-state index < -0.39 is 16.1 Å². The van der Waals surface area contributed by atoms with Crippen LogP contribution in [0.3, 0.4) is 0 Å². The number of rotatable bonds is 5. The Bertz CT molecular complexity index is 724. The van der Waals surface area contributed by atoms with E-state index in [0.717, 1.165) is 31.4 Å². The second-order valence-corrected chi connectivity index (χ2v) is 8.64. The summed E-state index contributed by atoms with van der Waals surface area (Å²) in [6.07, 6.45) is 3.68. The minimum Gasteiger partial charge on any atom is -0.377 e. The van der Waals surface area contributed by atoms with Crippen molar-refractivity contribution in [3.05, 3.63) is 11.8 Å². The molecule has 3 rings (SSSR count). The fourth-order valence-corrected chi connectivity index (χ4v) is 5.01. The van der Waals surface area contributed by atoms with Crippen LogP contribution in [0, 0.1) is 6.92 Å². The molecular formula is C16H26N4O4S. The number of hydrogen-bond donors (Lipinski definition) is 1. The molecule has 0 unspecified atom stereocenters. The normalized spacial score (nSPS) is 25.4. The fraction of sp³-hybridized carbons (Fsp3) is 0.750. The highest BCUT2D eigenvalue weighted by atomic mass is 32.2. The first-order chi connectivity index (χ1) is 11.9. The molecule has 2 aliphatic heterocycles. The summed E-state index contributed by atoms with van der Waals surface area (Å²) >= 11 is 0. The Labute approximate surface area is 148 Å². The van der Waals surface area contributed by atoms with Crippen molar-refractivity contribution in [2.24, 2.45) is 7.05 Å². The second-order valence-electron chi connectivity index (χ2n) is 6.84. The monoisotopic (exact) mass is 370 g/mol. The maximum absolute atomic E-state index is 12.8. The number of sulfonamides is 1. The lowest BCUT2D eigenvalue weighted by Gasteiger charge is -2.32. The van der Waals surface area contributed by atoms with Crippen LogP contribution in [-0.2, 0) is 26.6 Å².